The van der Waals surface area contributed by atoms with E-state index in [4.69, 9.17) is 15.5 Å². The number of hydrogen-bond acceptors (Lipinski definition) is 4. The number of carbonyl (C=O) groups is 1. The Bertz CT molecular complexity index is 194. The summed E-state index contributed by atoms with van der Waals surface area (Å²) in [4.78, 5) is 12.6. The minimum Gasteiger partial charge on any atom is -0.395 e. The molecule has 1 unspecified atom stereocenters. The molecule has 0 aromatic heterocycles. The summed E-state index contributed by atoms with van der Waals surface area (Å²) in [6.07, 6.45) is 0. The van der Waals surface area contributed by atoms with Crippen molar-refractivity contribution < 1.29 is 15.0 Å². The Morgan fingerprint density at radius 1 is 1.46 bits per heavy atom. The van der Waals surface area contributed by atoms with Gasteiger partial charge in [-0.3, -0.25) is 4.79 Å². The minimum atomic E-state index is -0.724. The van der Waals surface area contributed by atoms with E-state index >= 15 is 0 Å². The van der Waals surface area contributed by atoms with E-state index in [-0.39, 0.29) is 32.2 Å². The van der Waals surface area contributed by atoms with Crippen LogP contribution in [0, 0.1) is 17.2 Å². The summed E-state index contributed by atoms with van der Waals surface area (Å²) in [7, 11) is 0. The van der Waals surface area contributed by atoms with Crippen molar-refractivity contribution in [1.82, 2.24) is 4.90 Å². The van der Waals surface area contributed by atoms with Gasteiger partial charge in [0.05, 0.1) is 19.3 Å². The highest BCUT2D eigenvalue weighted by Gasteiger charge is 2.18. The third-order valence-corrected chi connectivity index (χ3v) is 1.62. The van der Waals surface area contributed by atoms with Crippen LogP contribution in [-0.4, -0.2) is 47.3 Å². The van der Waals surface area contributed by atoms with E-state index in [2.05, 4.69) is 0 Å². The molecule has 0 aliphatic carbocycles. The number of nitrogens with zero attached hydrogens (tertiary/aromatic N) is 2. The van der Waals surface area contributed by atoms with Gasteiger partial charge in [-0.15, -0.1) is 0 Å². The number of hydrogen-bond donors (Lipinski definition) is 2. The third kappa shape index (κ3) is 3.87. The van der Waals surface area contributed by atoms with E-state index in [0.29, 0.717) is 0 Å². The highest BCUT2D eigenvalue weighted by atomic mass is 16.3. The van der Waals surface area contributed by atoms with Gasteiger partial charge >= 0.3 is 0 Å². The fraction of sp³-hybridized carbons (Fsp3) is 0.750. The van der Waals surface area contributed by atoms with Gasteiger partial charge in [-0.25, -0.2) is 0 Å². The summed E-state index contributed by atoms with van der Waals surface area (Å²) >= 11 is 0. The predicted molar refractivity (Wildman–Crippen MR) is 45.5 cm³/mol. The maximum atomic E-state index is 11.3. The van der Waals surface area contributed by atoms with Gasteiger partial charge in [0.1, 0.15) is 5.92 Å². The van der Waals surface area contributed by atoms with Gasteiger partial charge in [0, 0.05) is 13.1 Å². The number of aliphatic hydroxyl groups is 2. The first-order valence-electron chi connectivity index (χ1n) is 4.07. The average Bonchev–Trinajstić information content (AvgIpc) is 2.15. The lowest BCUT2D eigenvalue weighted by atomic mass is 10.2. The predicted octanol–water partition coefficient (Wildman–Crippen LogP) is -1.04. The van der Waals surface area contributed by atoms with Crippen molar-refractivity contribution in [1.29, 1.82) is 5.26 Å². The standard InChI is InChI=1S/C8H14N2O3/c1-7(6-9)8(13)10(2-4-11)3-5-12/h7,11-12H,2-5H2,1H3. The van der Waals surface area contributed by atoms with E-state index in [1.165, 1.54) is 11.8 Å². The molecule has 0 saturated heterocycles. The van der Waals surface area contributed by atoms with Crippen molar-refractivity contribution in [2.45, 2.75) is 6.92 Å². The molecule has 0 aliphatic rings. The van der Waals surface area contributed by atoms with Crippen LogP contribution in [0.1, 0.15) is 6.92 Å². The lowest BCUT2D eigenvalue weighted by Gasteiger charge is -2.21. The zero-order valence-corrected chi connectivity index (χ0v) is 7.60. The zero-order chi connectivity index (χ0) is 10.3. The first-order chi connectivity index (χ1) is 6.17. The molecule has 5 heteroatoms. The normalized spacial score (nSPS) is 11.8. The molecule has 74 valence electrons. The van der Waals surface area contributed by atoms with Gasteiger partial charge in [0.2, 0.25) is 5.91 Å². The number of aliphatic hydroxyl groups excluding tert-OH is 2. The fourth-order valence-corrected chi connectivity index (χ4v) is 0.903. The second-order valence-corrected chi connectivity index (χ2v) is 2.62. The molecule has 0 saturated carbocycles. The van der Waals surface area contributed by atoms with Gasteiger partial charge in [0.15, 0.2) is 0 Å². The molecule has 1 atom stereocenters. The summed E-state index contributed by atoms with van der Waals surface area (Å²) in [6, 6.07) is 1.81. The van der Waals surface area contributed by atoms with Crippen LogP contribution in [0.3, 0.4) is 0 Å². The third-order valence-electron chi connectivity index (χ3n) is 1.62. The smallest absolute Gasteiger partial charge is 0.239 e. The van der Waals surface area contributed by atoms with Crippen molar-refractivity contribution in [3.05, 3.63) is 0 Å². The Hall–Kier alpha value is -1.12. The highest BCUT2D eigenvalue weighted by molar-refractivity contribution is 5.80. The molecular formula is C8H14N2O3. The molecule has 5 nitrogen and oxygen atoms in total. The van der Waals surface area contributed by atoms with Crippen molar-refractivity contribution >= 4 is 5.91 Å². The van der Waals surface area contributed by atoms with Crippen LogP contribution >= 0.6 is 0 Å². The molecule has 0 heterocycles. The zero-order valence-electron chi connectivity index (χ0n) is 7.60. The van der Waals surface area contributed by atoms with Gasteiger partial charge in [0.25, 0.3) is 0 Å². The van der Waals surface area contributed by atoms with Crippen LogP contribution in [0.15, 0.2) is 0 Å². The van der Waals surface area contributed by atoms with Crippen molar-refractivity contribution in [3.63, 3.8) is 0 Å². The molecule has 1 amide bonds. The van der Waals surface area contributed by atoms with Crippen LogP contribution in [0.25, 0.3) is 0 Å². The monoisotopic (exact) mass is 186 g/mol. The molecule has 0 rings (SSSR count). The van der Waals surface area contributed by atoms with Gasteiger partial charge in [-0.1, -0.05) is 0 Å². The topological polar surface area (TPSA) is 84.6 Å². The SMILES string of the molecule is CC(C#N)C(=O)N(CCO)CCO. The highest BCUT2D eigenvalue weighted by Crippen LogP contribution is 2.00. The molecule has 2 N–H and O–H groups in total. The van der Waals surface area contributed by atoms with Gasteiger partial charge in [-0.05, 0) is 6.92 Å². The number of rotatable bonds is 5. The Labute approximate surface area is 77.2 Å². The average molecular weight is 186 g/mol. The van der Waals surface area contributed by atoms with Crippen LogP contribution in [0.5, 0.6) is 0 Å². The van der Waals surface area contributed by atoms with Gasteiger partial charge < -0.3 is 15.1 Å². The first-order valence-corrected chi connectivity index (χ1v) is 4.07. The second kappa shape index (κ2) is 6.40. The van der Waals surface area contributed by atoms with E-state index in [0.717, 1.165) is 0 Å². The molecule has 0 aromatic carbocycles. The van der Waals surface area contributed by atoms with Gasteiger partial charge in [-0.2, -0.15) is 5.26 Å². The Morgan fingerprint density at radius 3 is 2.23 bits per heavy atom. The van der Waals surface area contributed by atoms with Crippen LogP contribution in [0.2, 0.25) is 0 Å². The van der Waals surface area contributed by atoms with E-state index in [1.54, 1.807) is 0 Å². The largest absolute Gasteiger partial charge is 0.395 e. The molecule has 0 fully saturated rings. The summed E-state index contributed by atoms with van der Waals surface area (Å²) in [5, 5.41) is 25.7. The lowest BCUT2D eigenvalue weighted by molar-refractivity contribution is -0.134. The summed E-state index contributed by atoms with van der Waals surface area (Å²) < 4.78 is 0. The minimum absolute atomic E-state index is 0.158. The fourth-order valence-electron chi connectivity index (χ4n) is 0.903. The van der Waals surface area contributed by atoms with Crippen LogP contribution in [0.4, 0.5) is 0 Å². The van der Waals surface area contributed by atoms with E-state index < -0.39 is 5.92 Å². The molecule has 0 radical (unpaired) electrons. The van der Waals surface area contributed by atoms with Crippen molar-refractivity contribution in [2.24, 2.45) is 5.92 Å². The Kier molecular flexibility index (Phi) is 5.85. The van der Waals surface area contributed by atoms with Crippen molar-refractivity contribution in [3.8, 4) is 6.07 Å². The summed E-state index contributed by atoms with van der Waals surface area (Å²) in [5.74, 6) is -1.08. The quantitative estimate of drug-likeness (QED) is 0.574. The molecule has 13 heavy (non-hydrogen) atoms. The lowest BCUT2D eigenvalue weighted by Crippen LogP contribution is -2.38. The number of nitriles is 1. The van der Waals surface area contributed by atoms with Crippen LogP contribution in [-0.2, 0) is 4.79 Å². The molecule has 0 spiro atoms. The van der Waals surface area contributed by atoms with Crippen LogP contribution < -0.4 is 0 Å². The Balaban J connectivity index is 4.20. The Morgan fingerprint density at radius 2 is 1.92 bits per heavy atom. The summed E-state index contributed by atoms with van der Waals surface area (Å²) in [5.41, 5.74) is 0. The molecule has 0 aromatic rings. The maximum absolute atomic E-state index is 11.3. The maximum Gasteiger partial charge on any atom is 0.239 e. The molecule has 0 aliphatic heterocycles. The molecule has 0 bridgehead atoms. The van der Waals surface area contributed by atoms with E-state index in [1.807, 2.05) is 6.07 Å². The van der Waals surface area contributed by atoms with Crippen molar-refractivity contribution in [2.75, 3.05) is 26.3 Å². The summed E-state index contributed by atoms with van der Waals surface area (Å²) in [6.45, 7) is 1.48. The first kappa shape index (κ1) is 11.9. The number of carbonyl (C=O) groups excluding carboxylic acids is 1. The number of amides is 1. The van der Waals surface area contributed by atoms with E-state index in [9.17, 15) is 4.79 Å². The molecular weight excluding hydrogens is 172 g/mol. The second-order valence-electron chi connectivity index (χ2n) is 2.62.